The van der Waals surface area contributed by atoms with Crippen LogP contribution in [0.1, 0.15) is 24.8 Å². The summed E-state index contributed by atoms with van der Waals surface area (Å²) < 4.78 is 10.4. The molecule has 0 radical (unpaired) electrons. The third-order valence-electron chi connectivity index (χ3n) is 4.46. The molecular weight excluding hydrogens is 304 g/mol. The lowest BCUT2D eigenvalue weighted by Crippen LogP contribution is -2.28. The number of esters is 1. The van der Waals surface area contributed by atoms with E-state index in [1.807, 2.05) is 48.6 Å². The molecule has 2 aliphatic rings. The van der Waals surface area contributed by atoms with E-state index in [1.54, 1.807) is 14.0 Å². The summed E-state index contributed by atoms with van der Waals surface area (Å²) in [7, 11) is 1.61. The Morgan fingerprint density at radius 2 is 1.96 bits per heavy atom. The Balaban J connectivity index is 2.06. The molecule has 0 heterocycles. The van der Waals surface area contributed by atoms with Crippen LogP contribution >= 0.6 is 0 Å². The largest absolute Gasteiger partial charge is 0.497 e. The molecule has 0 spiro atoms. The van der Waals surface area contributed by atoms with Gasteiger partial charge in [-0.15, -0.1) is 0 Å². The molecule has 0 saturated carbocycles. The van der Waals surface area contributed by atoms with Crippen LogP contribution in [-0.4, -0.2) is 25.5 Å². The quantitative estimate of drug-likeness (QED) is 0.629. The number of carbonyl (C=O) groups excluding carboxylic acids is 2. The Labute approximate surface area is 141 Å². The first-order valence-electron chi connectivity index (χ1n) is 8.08. The van der Waals surface area contributed by atoms with Crippen LogP contribution in [0, 0.1) is 5.92 Å². The van der Waals surface area contributed by atoms with Gasteiger partial charge in [0.25, 0.3) is 0 Å². The Bertz CT molecular complexity index is 737. The Morgan fingerprint density at radius 3 is 2.62 bits per heavy atom. The minimum absolute atomic E-state index is 0.125. The standard InChI is InChI=1S/C20H20O4/c1-3-24-20(22)18-17(13-9-11-14(23-2)12-10-13)15-7-5-4-6-8-16(15)19(18)21/h4-7,9-12,17-18H,3,8H2,1-2H3/t17-,18+/m1/s1. The number of benzene rings is 1. The van der Waals surface area contributed by atoms with Gasteiger partial charge in [0.15, 0.2) is 5.78 Å². The zero-order chi connectivity index (χ0) is 17.1. The van der Waals surface area contributed by atoms with E-state index in [4.69, 9.17) is 9.47 Å². The highest BCUT2D eigenvalue weighted by molar-refractivity contribution is 6.13. The molecule has 0 aromatic heterocycles. The lowest BCUT2D eigenvalue weighted by Gasteiger charge is -2.20. The minimum atomic E-state index is -0.806. The van der Waals surface area contributed by atoms with Crippen LogP contribution in [0.5, 0.6) is 5.75 Å². The fraction of sp³-hybridized carbons (Fsp3) is 0.300. The van der Waals surface area contributed by atoms with Gasteiger partial charge in [-0.25, -0.2) is 0 Å². The molecule has 1 aromatic carbocycles. The highest BCUT2D eigenvalue weighted by Crippen LogP contribution is 2.45. The predicted octanol–water partition coefficient (Wildman–Crippen LogP) is 3.35. The molecule has 4 nitrogen and oxygen atoms in total. The molecule has 0 amide bonds. The molecule has 0 aliphatic heterocycles. The van der Waals surface area contributed by atoms with E-state index in [0.29, 0.717) is 12.0 Å². The van der Waals surface area contributed by atoms with E-state index in [9.17, 15) is 9.59 Å². The molecule has 24 heavy (non-hydrogen) atoms. The van der Waals surface area contributed by atoms with Crippen molar-refractivity contribution >= 4 is 11.8 Å². The molecule has 124 valence electrons. The maximum absolute atomic E-state index is 12.9. The Morgan fingerprint density at radius 1 is 1.21 bits per heavy atom. The van der Waals surface area contributed by atoms with Gasteiger partial charge in [-0.3, -0.25) is 9.59 Å². The second kappa shape index (κ2) is 6.87. The number of hydrogen-bond donors (Lipinski definition) is 0. The molecule has 1 aromatic rings. The van der Waals surface area contributed by atoms with E-state index < -0.39 is 11.9 Å². The van der Waals surface area contributed by atoms with Crippen molar-refractivity contribution in [3.05, 3.63) is 65.3 Å². The zero-order valence-corrected chi connectivity index (χ0v) is 13.8. The van der Waals surface area contributed by atoms with Crippen molar-refractivity contribution in [3.63, 3.8) is 0 Å². The fourth-order valence-corrected chi connectivity index (χ4v) is 3.35. The third-order valence-corrected chi connectivity index (χ3v) is 4.46. The monoisotopic (exact) mass is 324 g/mol. The average Bonchev–Trinajstić information content (AvgIpc) is 2.76. The van der Waals surface area contributed by atoms with E-state index in [-0.39, 0.29) is 18.3 Å². The van der Waals surface area contributed by atoms with Gasteiger partial charge in [0, 0.05) is 11.5 Å². The number of ketones is 1. The van der Waals surface area contributed by atoms with Crippen LogP contribution in [0.3, 0.4) is 0 Å². The van der Waals surface area contributed by atoms with Crippen LogP contribution in [0.25, 0.3) is 0 Å². The van der Waals surface area contributed by atoms with Crippen molar-refractivity contribution in [2.75, 3.05) is 13.7 Å². The summed E-state index contributed by atoms with van der Waals surface area (Å²) in [6.45, 7) is 2.01. The lowest BCUT2D eigenvalue weighted by molar-refractivity contribution is -0.150. The number of methoxy groups -OCH3 is 1. The Hall–Kier alpha value is -2.62. The number of hydrogen-bond acceptors (Lipinski definition) is 4. The summed E-state index contributed by atoms with van der Waals surface area (Å²) in [5.74, 6) is -0.953. The summed E-state index contributed by atoms with van der Waals surface area (Å²) in [6, 6.07) is 7.51. The first-order valence-corrected chi connectivity index (χ1v) is 8.08. The average molecular weight is 324 g/mol. The van der Waals surface area contributed by atoms with Crippen LogP contribution in [0.4, 0.5) is 0 Å². The van der Waals surface area contributed by atoms with Crippen LogP contribution in [0.2, 0.25) is 0 Å². The second-order valence-electron chi connectivity index (χ2n) is 5.77. The second-order valence-corrected chi connectivity index (χ2v) is 5.77. The minimum Gasteiger partial charge on any atom is -0.497 e. The van der Waals surface area contributed by atoms with Crippen molar-refractivity contribution in [2.45, 2.75) is 19.3 Å². The Kier molecular flexibility index (Phi) is 4.65. The maximum Gasteiger partial charge on any atom is 0.317 e. The van der Waals surface area contributed by atoms with Crippen molar-refractivity contribution in [1.82, 2.24) is 0 Å². The smallest absolute Gasteiger partial charge is 0.317 e. The summed E-state index contributed by atoms with van der Waals surface area (Å²) in [4.78, 5) is 25.3. The molecule has 3 rings (SSSR count). The molecule has 0 saturated heterocycles. The first-order chi connectivity index (χ1) is 11.7. The van der Waals surface area contributed by atoms with Gasteiger partial charge >= 0.3 is 5.97 Å². The summed E-state index contributed by atoms with van der Waals surface area (Å²) >= 11 is 0. The molecule has 2 atom stereocenters. The number of ether oxygens (including phenoxy) is 2. The summed E-state index contributed by atoms with van der Waals surface area (Å²) in [5, 5.41) is 0. The highest BCUT2D eigenvalue weighted by Gasteiger charge is 2.46. The van der Waals surface area contributed by atoms with E-state index in [2.05, 4.69) is 0 Å². The van der Waals surface area contributed by atoms with Crippen molar-refractivity contribution in [3.8, 4) is 5.75 Å². The summed E-state index contributed by atoms with van der Waals surface area (Å²) in [5.41, 5.74) is 2.53. The molecule has 2 aliphatic carbocycles. The van der Waals surface area contributed by atoms with Gasteiger partial charge in [-0.2, -0.15) is 0 Å². The van der Waals surface area contributed by atoms with Gasteiger partial charge in [-0.05, 0) is 36.6 Å². The van der Waals surface area contributed by atoms with Crippen LogP contribution in [0.15, 0.2) is 59.7 Å². The molecule has 0 N–H and O–H groups in total. The molecule has 0 unspecified atom stereocenters. The van der Waals surface area contributed by atoms with Crippen molar-refractivity contribution in [2.24, 2.45) is 5.92 Å². The van der Waals surface area contributed by atoms with E-state index >= 15 is 0 Å². The van der Waals surface area contributed by atoms with Gasteiger partial charge in [0.05, 0.1) is 13.7 Å². The fourth-order valence-electron chi connectivity index (χ4n) is 3.35. The van der Waals surface area contributed by atoms with Gasteiger partial charge in [0.2, 0.25) is 0 Å². The number of allylic oxidation sites excluding steroid dienone is 6. The van der Waals surface area contributed by atoms with Crippen molar-refractivity contribution < 1.29 is 19.1 Å². The van der Waals surface area contributed by atoms with Gasteiger partial charge in [0.1, 0.15) is 11.7 Å². The van der Waals surface area contributed by atoms with E-state index in [0.717, 1.165) is 16.9 Å². The van der Waals surface area contributed by atoms with Gasteiger partial charge < -0.3 is 9.47 Å². The molecule has 0 bridgehead atoms. The molecule has 0 fully saturated rings. The highest BCUT2D eigenvalue weighted by atomic mass is 16.5. The number of Topliss-reactive ketones (excluding diaryl/α,β-unsaturated/α-hetero) is 1. The van der Waals surface area contributed by atoms with Crippen LogP contribution < -0.4 is 4.74 Å². The maximum atomic E-state index is 12.9. The van der Waals surface area contributed by atoms with E-state index in [1.165, 1.54) is 0 Å². The van der Waals surface area contributed by atoms with Crippen LogP contribution in [-0.2, 0) is 14.3 Å². The predicted molar refractivity (Wildman–Crippen MR) is 90.8 cm³/mol. The first kappa shape index (κ1) is 16.2. The van der Waals surface area contributed by atoms with Gasteiger partial charge in [-0.1, -0.05) is 36.4 Å². The number of carbonyl (C=O) groups is 2. The SMILES string of the molecule is CCOC(=O)[C@@H]1C(=O)C2=C(C=CC=CC2)[C@H]1c1ccc(OC)cc1. The van der Waals surface area contributed by atoms with Crippen molar-refractivity contribution in [1.29, 1.82) is 0 Å². The molecule has 4 heteroatoms. The zero-order valence-electron chi connectivity index (χ0n) is 13.8. The molecular formula is C20H20O4. The number of rotatable bonds is 4. The topological polar surface area (TPSA) is 52.6 Å². The summed E-state index contributed by atoms with van der Waals surface area (Å²) in [6.07, 6.45) is 8.26. The lowest BCUT2D eigenvalue weighted by atomic mass is 9.84. The third kappa shape index (κ3) is 2.80. The normalized spacial score (nSPS) is 22.3.